The number of hydrogen-bond acceptors (Lipinski definition) is 8. The smallest absolute Gasteiger partial charge is 0.280 e. The summed E-state index contributed by atoms with van der Waals surface area (Å²) in [4.78, 5) is 25.4. The van der Waals surface area contributed by atoms with Gasteiger partial charge in [-0.15, -0.1) is 11.3 Å². The Labute approximate surface area is 201 Å². The molecule has 0 aliphatic heterocycles. The summed E-state index contributed by atoms with van der Waals surface area (Å²) in [6, 6.07) is 15.5. The van der Waals surface area contributed by atoms with Crippen LogP contribution < -0.4 is 16.4 Å². The number of amides is 1. The summed E-state index contributed by atoms with van der Waals surface area (Å²) >= 11 is 1.38. The van der Waals surface area contributed by atoms with Gasteiger partial charge < -0.3 is 16.4 Å². The minimum atomic E-state index is -0.199. The molecule has 1 saturated carbocycles. The molecule has 0 radical (unpaired) electrons. The summed E-state index contributed by atoms with van der Waals surface area (Å²) in [6.07, 6.45) is 6.01. The first kappa shape index (κ1) is 22.0. The summed E-state index contributed by atoms with van der Waals surface area (Å²) in [6.45, 7) is 0.368. The van der Waals surface area contributed by atoms with Crippen LogP contribution >= 0.6 is 11.3 Å². The molecule has 2 aromatic heterocycles. The van der Waals surface area contributed by atoms with Crippen molar-refractivity contribution in [1.82, 2.24) is 20.3 Å². The largest absolute Gasteiger partial charge is 0.383 e. The Hall–Kier alpha value is -3.85. The summed E-state index contributed by atoms with van der Waals surface area (Å²) in [5, 5.41) is 15.6. The number of nitrogen functional groups attached to an aromatic ring is 1. The Morgan fingerprint density at radius 3 is 2.62 bits per heavy atom. The first-order valence-corrected chi connectivity index (χ1v) is 12.1. The van der Waals surface area contributed by atoms with E-state index >= 15 is 0 Å². The highest BCUT2D eigenvalue weighted by Gasteiger charge is 2.21. The van der Waals surface area contributed by atoms with Crippen molar-refractivity contribution in [3.8, 4) is 0 Å². The molecule has 0 saturated heterocycles. The highest BCUT2D eigenvalue weighted by Crippen LogP contribution is 2.27. The fourth-order valence-corrected chi connectivity index (χ4v) is 5.06. The van der Waals surface area contributed by atoms with E-state index in [0.717, 1.165) is 28.6 Å². The Balaban J connectivity index is 1.27. The monoisotopic (exact) mass is 471 g/mol. The van der Waals surface area contributed by atoms with Crippen LogP contribution in [0.3, 0.4) is 0 Å². The maximum atomic E-state index is 12.5. The number of anilines is 2. The molecule has 4 aromatic rings. The lowest BCUT2D eigenvalue weighted by molar-refractivity contribution is 0.0950. The number of carbonyl (C=O) groups is 1. The van der Waals surface area contributed by atoms with Crippen LogP contribution in [0.2, 0.25) is 0 Å². The van der Waals surface area contributed by atoms with Crippen LogP contribution in [-0.4, -0.2) is 32.6 Å². The van der Waals surface area contributed by atoms with Gasteiger partial charge in [-0.05, 0) is 30.5 Å². The average Bonchev–Trinajstić information content (AvgIpc) is 3.52. The number of carbonyl (C=O) groups excluding carboxylic acids is 1. The molecular weight excluding hydrogens is 446 g/mol. The highest BCUT2D eigenvalue weighted by atomic mass is 32.1. The van der Waals surface area contributed by atoms with Crippen molar-refractivity contribution in [2.24, 2.45) is 0 Å². The van der Waals surface area contributed by atoms with E-state index < -0.39 is 0 Å². The zero-order chi connectivity index (χ0) is 23.5. The van der Waals surface area contributed by atoms with Gasteiger partial charge in [0.15, 0.2) is 5.01 Å². The molecule has 2 aromatic carbocycles. The molecule has 1 amide bonds. The molecule has 1 aliphatic carbocycles. The topological polar surface area (TPSA) is 130 Å². The van der Waals surface area contributed by atoms with Gasteiger partial charge in [0, 0.05) is 18.2 Å². The maximum absolute atomic E-state index is 12.5. The van der Waals surface area contributed by atoms with Crippen molar-refractivity contribution in [2.45, 2.75) is 38.3 Å². The van der Waals surface area contributed by atoms with Crippen molar-refractivity contribution in [3.63, 3.8) is 0 Å². The van der Waals surface area contributed by atoms with Crippen LogP contribution in [0.5, 0.6) is 0 Å². The molecular formula is C25H25N7OS. The summed E-state index contributed by atoms with van der Waals surface area (Å²) in [5.74, 6) is 0.694. The summed E-state index contributed by atoms with van der Waals surface area (Å²) in [5.41, 5.74) is 9.39. The van der Waals surface area contributed by atoms with Crippen molar-refractivity contribution >= 4 is 44.8 Å². The van der Waals surface area contributed by atoms with E-state index in [-0.39, 0.29) is 17.4 Å². The molecule has 1 aliphatic rings. The van der Waals surface area contributed by atoms with Crippen LogP contribution in [0.25, 0.3) is 10.2 Å². The molecule has 5 N–H and O–H groups in total. The average molecular weight is 472 g/mol. The molecule has 0 bridgehead atoms. The van der Waals surface area contributed by atoms with Gasteiger partial charge in [-0.2, -0.15) is 0 Å². The summed E-state index contributed by atoms with van der Waals surface area (Å²) < 4.78 is 0.987. The number of nitrogens with zero attached hydrogens (tertiary/aromatic N) is 3. The van der Waals surface area contributed by atoms with E-state index in [9.17, 15) is 4.79 Å². The highest BCUT2D eigenvalue weighted by molar-refractivity contribution is 7.20. The number of nitrogens with two attached hydrogens (primary N) is 1. The summed E-state index contributed by atoms with van der Waals surface area (Å²) in [7, 11) is 0. The normalized spacial score (nSPS) is 13.8. The van der Waals surface area contributed by atoms with Crippen LogP contribution in [0.15, 0.2) is 54.9 Å². The SMILES string of the molecule is N=C(c1ccc(CNC(=O)c2nc3ccccc3s2)cc1)c1c(N)ncnc1NC1CCCC1. The van der Waals surface area contributed by atoms with Gasteiger partial charge in [0.25, 0.3) is 5.91 Å². The quantitative estimate of drug-likeness (QED) is 0.296. The van der Waals surface area contributed by atoms with Crippen LogP contribution in [0.4, 0.5) is 11.6 Å². The molecule has 0 unspecified atom stereocenters. The second-order valence-corrected chi connectivity index (χ2v) is 9.38. The third kappa shape index (κ3) is 4.60. The lowest BCUT2D eigenvalue weighted by atomic mass is 10.0. The van der Waals surface area contributed by atoms with Crippen molar-refractivity contribution in [2.75, 3.05) is 11.1 Å². The van der Waals surface area contributed by atoms with Gasteiger partial charge in [0.2, 0.25) is 0 Å². The Morgan fingerprint density at radius 1 is 1.09 bits per heavy atom. The molecule has 0 spiro atoms. The maximum Gasteiger partial charge on any atom is 0.280 e. The second-order valence-electron chi connectivity index (χ2n) is 8.35. The number of thiazole rings is 1. The Bertz CT molecular complexity index is 1310. The predicted molar refractivity (Wildman–Crippen MR) is 135 cm³/mol. The molecule has 172 valence electrons. The molecule has 9 heteroatoms. The molecule has 5 rings (SSSR count). The number of hydrogen-bond donors (Lipinski definition) is 4. The van der Waals surface area contributed by atoms with E-state index in [4.69, 9.17) is 11.1 Å². The first-order valence-electron chi connectivity index (χ1n) is 11.3. The third-order valence-electron chi connectivity index (χ3n) is 6.01. The van der Waals surface area contributed by atoms with Gasteiger partial charge in [0.1, 0.15) is 18.0 Å². The minimum Gasteiger partial charge on any atom is -0.383 e. The number of fused-ring (bicyclic) bond motifs is 1. The van der Waals surface area contributed by atoms with Gasteiger partial charge in [-0.1, -0.05) is 49.2 Å². The van der Waals surface area contributed by atoms with E-state index in [1.165, 1.54) is 30.5 Å². The van der Waals surface area contributed by atoms with Gasteiger partial charge >= 0.3 is 0 Å². The van der Waals surface area contributed by atoms with Crippen LogP contribution in [-0.2, 0) is 6.54 Å². The molecule has 34 heavy (non-hydrogen) atoms. The second kappa shape index (κ2) is 9.56. The number of para-hydroxylation sites is 1. The van der Waals surface area contributed by atoms with Gasteiger partial charge in [0.05, 0.1) is 21.5 Å². The number of benzene rings is 2. The predicted octanol–water partition coefficient (Wildman–Crippen LogP) is 4.37. The molecule has 0 atom stereocenters. The standard InChI is InChI=1S/C25H25N7OS/c26-21(20-22(27)29-14-30-23(20)31-17-5-1-2-6-17)16-11-9-15(10-12-16)13-28-24(33)25-32-18-7-3-4-8-19(18)34-25/h3-4,7-12,14,17,26H,1-2,5-6,13H2,(H,28,33)(H3,27,29,30,31). The van der Waals surface area contributed by atoms with Crippen LogP contribution in [0.1, 0.15) is 52.2 Å². The third-order valence-corrected chi connectivity index (χ3v) is 7.04. The lowest BCUT2D eigenvalue weighted by Gasteiger charge is -2.17. The van der Waals surface area contributed by atoms with E-state index in [1.807, 2.05) is 48.5 Å². The Kier molecular flexibility index (Phi) is 6.18. The minimum absolute atomic E-state index is 0.199. The van der Waals surface area contributed by atoms with Crippen molar-refractivity contribution in [1.29, 1.82) is 5.41 Å². The molecule has 1 fully saturated rings. The van der Waals surface area contributed by atoms with Gasteiger partial charge in [-0.3, -0.25) is 10.2 Å². The fraction of sp³-hybridized carbons (Fsp3) is 0.240. The molecule has 2 heterocycles. The zero-order valence-corrected chi connectivity index (χ0v) is 19.4. The van der Waals surface area contributed by atoms with Crippen molar-refractivity contribution in [3.05, 3.63) is 76.6 Å². The number of nitrogens with one attached hydrogen (secondary N) is 3. The van der Waals surface area contributed by atoms with Gasteiger partial charge in [-0.25, -0.2) is 15.0 Å². The lowest BCUT2D eigenvalue weighted by Crippen LogP contribution is -2.22. The zero-order valence-electron chi connectivity index (χ0n) is 18.5. The van der Waals surface area contributed by atoms with E-state index in [1.54, 1.807) is 0 Å². The first-order chi connectivity index (χ1) is 16.6. The number of aromatic nitrogens is 3. The van der Waals surface area contributed by atoms with Crippen LogP contribution in [0, 0.1) is 5.41 Å². The van der Waals surface area contributed by atoms with E-state index in [0.29, 0.717) is 34.5 Å². The number of rotatable bonds is 7. The Morgan fingerprint density at radius 2 is 1.85 bits per heavy atom. The molecule has 8 nitrogen and oxygen atoms in total. The van der Waals surface area contributed by atoms with Crippen molar-refractivity contribution < 1.29 is 4.79 Å². The fourth-order valence-electron chi connectivity index (χ4n) is 4.18. The van der Waals surface area contributed by atoms with E-state index in [2.05, 4.69) is 25.6 Å².